The first-order valence-electron chi connectivity index (χ1n) is 9.27. The van der Waals surface area contributed by atoms with Crippen molar-refractivity contribution >= 4 is 50.7 Å². The third kappa shape index (κ3) is 4.25. The lowest BCUT2D eigenvalue weighted by atomic mass is 9.96. The fourth-order valence-corrected chi connectivity index (χ4v) is 3.46. The molecule has 4 rings (SSSR count). The van der Waals surface area contributed by atoms with Gasteiger partial charge in [0.2, 0.25) is 0 Å². The summed E-state index contributed by atoms with van der Waals surface area (Å²) in [6.07, 6.45) is 7.89. The number of nitrogens with one attached hydrogen (secondary N) is 2. The van der Waals surface area contributed by atoms with Crippen molar-refractivity contribution in [3.63, 3.8) is 0 Å². The highest BCUT2D eigenvalue weighted by Crippen LogP contribution is 2.27. The summed E-state index contributed by atoms with van der Waals surface area (Å²) in [6.45, 7) is 0. The van der Waals surface area contributed by atoms with Crippen LogP contribution in [0.2, 0.25) is 0 Å². The zero-order valence-electron chi connectivity index (χ0n) is 15.8. The summed E-state index contributed by atoms with van der Waals surface area (Å²) < 4.78 is 0.796. The predicted octanol–water partition coefficient (Wildman–Crippen LogP) is 3.33. The van der Waals surface area contributed by atoms with Crippen molar-refractivity contribution in [2.45, 2.75) is 25.7 Å². The average molecular weight is 468 g/mol. The number of aliphatic imine (C=N–C) groups is 1. The number of primary amides is 1. The first kappa shape index (κ1) is 19.8. The van der Waals surface area contributed by atoms with Gasteiger partial charge >= 0.3 is 0 Å². The Kier molecular flexibility index (Phi) is 5.61. The third-order valence-corrected chi connectivity index (χ3v) is 5.23. The van der Waals surface area contributed by atoms with Crippen LogP contribution < -0.4 is 11.1 Å². The number of carbonyl (C=O) groups is 1. The molecule has 152 valence electrons. The predicted molar refractivity (Wildman–Crippen MR) is 116 cm³/mol. The van der Waals surface area contributed by atoms with E-state index < -0.39 is 5.91 Å². The van der Waals surface area contributed by atoms with Gasteiger partial charge in [0.1, 0.15) is 17.1 Å². The van der Waals surface area contributed by atoms with E-state index in [2.05, 4.69) is 46.4 Å². The number of halogens is 1. The van der Waals surface area contributed by atoms with E-state index in [1.165, 1.54) is 11.0 Å². The Labute approximate surface area is 180 Å². The summed E-state index contributed by atoms with van der Waals surface area (Å²) in [5, 5.41) is 19.4. The number of hydrogen-bond acceptors (Lipinski definition) is 8. The molecule has 1 amide bonds. The van der Waals surface area contributed by atoms with Crippen LogP contribution in [0, 0.1) is 5.41 Å². The maximum atomic E-state index is 11.9. The van der Waals surface area contributed by atoms with Crippen molar-refractivity contribution in [3.8, 4) is 5.69 Å². The number of hydrogen-bond donors (Lipinski definition) is 3. The molecule has 1 aromatic carbocycles. The van der Waals surface area contributed by atoms with Crippen LogP contribution in [0.3, 0.4) is 0 Å². The van der Waals surface area contributed by atoms with Gasteiger partial charge < -0.3 is 16.5 Å². The van der Waals surface area contributed by atoms with Gasteiger partial charge in [-0.15, -0.1) is 0 Å². The Hall–Kier alpha value is -3.47. The van der Waals surface area contributed by atoms with Gasteiger partial charge in [-0.1, -0.05) is 0 Å². The fourth-order valence-electron chi connectivity index (χ4n) is 3.06. The van der Waals surface area contributed by atoms with Crippen LogP contribution in [0.4, 0.5) is 17.5 Å². The number of nitrogens with two attached hydrogens (primary N) is 1. The van der Waals surface area contributed by atoms with Crippen LogP contribution in [0.1, 0.15) is 36.0 Å². The van der Waals surface area contributed by atoms with Crippen LogP contribution in [-0.4, -0.2) is 42.3 Å². The van der Waals surface area contributed by atoms with Crippen molar-refractivity contribution in [1.82, 2.24) is 25.0 Å². The van der Waals surface area contributed by atoms with Gasteiger partial charge in [-0.25, -0.2) is 9.98 Å². The molecule has 2 heterocycles. The van der Waals surface area contributed by atoms with Crippen molar-refractivity contribution in [3.05, 3.63) is 46.8 Å². The van der Waals surface area contributed by atoms with Gasteiger partial charge in [0, 0.05) is 16.4 Å². The molecule has 1 saturated carbocycles. The Balaban J connectivity index is 1.69. The largest absolute Gasteiger partial charge is 0.365 e. The van der Waals surface area contributed by atoms with Crippen LogP contribution >= 0.6 is 15.9 Å². The highest BCUT2D eigenvalue weighted by Gasteiger charge is 2.17. The van der Waals surface area contributed by atoms with E-state index in [0.29, 0.717) is 29.2 Å². The molecule has 30 heavy (non-hydrogen) atoms. The molecule has 0 aliphatic heterocycles. The molecule has 10 nitrogen and oxygen atoms in total. The van der Waals surface area contributed by atoms with Crippen molar-refractivity contribution < 1.29 is 4.79 Å². The van der Waals surface area contributed by atoms with Gasteiger partial charge in [0.05, 0.1) is 23.8 Å². The van der Waals surface area contributed by atoms with E-state index in [1.54, 1.807) is 18.5 Å². The normalized spacial score (nSPS) is 15.4. The number of benzene rings is 1. The summed E-state index contributed by atoms with van der Waals surface area (Å²) in [6, 6.07) is 5.45. The quantitative estimate of drug-likeness (QED) is 0.523. The number of rotatable bonds is 5. The van der Waals surface area contributed by atoms with E-state index in [9.17, 15) is 4.79 Å². The number of anilines is 2. The second kappa shape index (κ2) is 8.49. The molecule has 3 aromatic rings. The Bertz CT molecular complexity index is 1140. The zero-order chi connectivity index (χ0) is 21.1. The van der Waals surface area contributed by atoms with Crippen LogP contribution in [0.5, 0.6) is 0 Å². The maximum Gasteiger partial charge on any atom is 0.254 e. The monoisotopic (exact) mass is 467 g/mol. The first-order valence-corrected chi connectivity index (χ1v) is 10.1. The van der Waals surface area contributed by atoms with Gasteiger partial charge in [0.25, 0.3) is 11.9 Å². The highest BCUT2D eigenvalue weighted by molar-refractivity contribution is 9.10. The van der Waals surface area contributed by atoms with E-state index in [4.69, 9.17) is 11.1 Å². The molecule has 0 unspecified atom stereocenters. The molecular weight excluding hydrogens is 450 g/mol. The van der Waals surface area contributed by atoms with Gasteiger partial charge in [0.15, 0.2) is 0 Å². The van der Waals surface area contributed by atoms with E-state index >= 15 is 0 Å². The van der Waals surface area contributed by atoms with Crippen molar-refractivity contribution in [2.75, 3.05) is 5.32 Å². The van der Waals surface area contributed by atoms with Crippen LogP contribution in [-0.2, 0) is 0 Å². The SMILES string of the molecule is N=C1CCCCC1=Nc1ncc(C(N)=O)c(Nc2ccc(Br)c(-n3nccn3)c2)n1. The lowest BCUT2D eigenvalue weighted by Crippen LogP contribution is -2.18. The molecular formula is C19H18BrN9O. The summed E-state index contributed by atoms with van der Waals surface area (Å²) in [4.78, 5) is 26.3. The minimum atomic E-state index is -0.659. The number of aromatic nitrogens is 5. The summed E-state index contributed by atoms with van der Waals surface area (Å²) in [7, 11) is 0. The van der Waals surface area contributed by atoms with Gasteiger partial charge in [-0.05, 0) is 59.8 Å². The van der Waals surface area contributed by atoms with Gasteiger partial charge in [-0.3, -0.25) is 4.79 Å². The molecule has 0 spiro atoms. The smallest absolute Gasteiger partial charge is 0.254 e. The lowest BCUT2D eigenvalue weighted by Gasteiger charge is -2.14. The van der Waals surface area contributed by atoms with E-state index in [1.807, 2.05) is 12.1 Å². The number of amides is 1. The van der Waals surface area contributed by atoms with Crippen LogP contribution in [0.15, 0.2) is 46.3 Å². The third-order valence-electron chi connectivity index (χ3n) is 4.56. The van der Waals surface area contributed by atoms with Crippen molar-refractivity contribution in [1.29, 1.82) is 5.41 Å². The van der Waals surface area contributed by atoms with Gasteiger partial charge in [-0.2, -0.15) is 20.0 Å². The molecule has 1 aliphatic carbocycles. The summed E-state index contributed by atoms with van der Waals surface area (Å²) >= 11 is 3.48. The maximum absolute atomic E-state index is 11.9. The molecule has 1 aliphatic rings. The molecule has 1 fully saturated rings. The molecule has 4 N–H and O–H groups in total. The van der Waals surface area contributed by atoms with E-state index in [0.717, 1.165) is 23.7 Å². The molecule has 2 aromatic heterocycles. The number of carbonyl (C=O) groups excluding carboxylic acids is 1. The molecule has 11 heteroatoms. The van der Waals surface area contributed by atoms with E-state index in [-0.39, 0.29) is 17.3 Å². The second-order valence-corrected chi connectivity index (χ2v) is 7.50. The molecule has 0 saturated heterocycles. The zero-order valence-corrected chi connectivity index (χ0v) is 17.4. The Morgan fingerprint density at radius 1 is 1.23 bits per heavy atom. The first-order chi connectivity index (χ1) is 14.5. The average Bonchev–Trinajstić information content (AvgIpc) is 3.26. The lowest BCUT2D eigenvalue weighted by molar-refractivity contribution is 0.100. The fraction of sp³-hybridized carbons (Fsp3) is 0.211. The topological polar surface area (TPSA) is 148 Å². The summed E-state index contributed by atoms with van der Waals surface area (Å²) in [5.41, 5.74) is 8.16. The summed E-state index contributed by atoms with van der Waals surface area (Å²) in [5.74, 6) is -0.246. The standard InChI is InChI=1S/C19H18BrN9O/c20-13-6-5-11(9-16(13)29-24-7-8-25-29)26-18-12(17(22)30)10-23-19(28-18)27-15-4-2-1-3-14(15)21/h5-10,21H,1-4H2,(H2,22,30)(H,23,26,28). The Morgan fingerprint density at radius 3 is 2.73 bits per heavy atom. The molecule has 0 bridgehead atoms. The van der Waals surface area contributed by atoms with Crippen LogP contribution in [0.25, 0.3) is 5.69 Å². The Morgan fingerprint density at radius 2 is 2.00 bits per heavy atom. The van der Waals surface area contributed by atoms with Crippen molar-refractivity contribution in [2.24, 2.45) is 10.7 Å². The minimum Gasteiger partial charge on any atom is -0.365 e. The molecule has 0 atom stereocenters. The molecule has 0 radical (unpaired) electrons. The minimum absolute atomic E-state index is 0.138. The second-order valence-electron chi connectivity index (χ2n) is 6.65. The highest BCUT2D eigenvalue weighted by atomic mass is 79.9. The number of nitrogens with zero attached hydrogens (tertiary/aromatic N) is 6.